The highest BCUT2D eigenvalue weighted by molar-refractivity contribution is 6.31. The van der Waals surface area contributed by atoms with Gasteiger partial charge in [-0.15, -0.1) is 0 Å². The van der Waals surface area contributed by atoms with Crippen LogP contribution in [0.5, 0.6) is 5.75 Å². The summed E-state index contributed by atoms with van der Waals surface area (Å²) in [6, 6.07) is 10.2. The molecule has 1 aliphatic heterocycles. The summed E-state index contributed by atoms with van der Waals surface area (Å²) >= 11 is 5.88. The average Bonchev–Trinajstić information content (AvgIpc) is 2.55. The van der Waals surface area contributed by atoms with Crippen LogP contribution in [0.2, 0.25) is 5.02 Å². The van der Waals surface area contributed by atoms with Crippen molar-refractivity contribution in [3.63, 3.8) is 0 Å². The molecule has 0 saturated carbocycles. The lowest BCUT2D eigenvalue weighted by atomic mass is 10.0. The van der Waals surface area contributed by atoms with Crippen molar-refractivity contribution in [1.29, 1.82) is 0 Å². The number of hydrogen-bond donors (Lipinski definition) is 2. The normalized spacial score (nSPS) is 19.3. The molecule has 3 rings (SSSR count). The minimum atomic E-state index is -1.66. The number of rotatable bonds is 3. The number of fused-ring (bicyclic) bond motifs is 1. The van der Waals surface area contributed by atoms with E-state index in [2.05, 4.69) is 15.6 Å². The number of pyridine rings is 1. The number of ether oxygens (including phenoxy) is 1. The lowest BCUT2D eigenvalue weighted by molar-refractivity contribution is -0.146. The van der Waals surface area contributed by atoms with Crippen LogP contribution in [0.25, 0.3) is 0 Å². The van der Waals surface area contributed by atoms with Crippen LogP contribution in [0, 0.1) is 0 Å². The van der Waals surface area contributed by atoms with Crippen LogP contribution >= 0.6 is 11.6 Å². The minimum Gasteiger partial charge on any atom is -0.466 e. The van der Waals surface area contributed by atoms with Gasteiger partial charge in [-0.25, -0.2) is 0 Å². The lowest BCUT2D eigenvalue weighted by Crippen LogP contribution is -2.58. The van der Waals surface area contributed by atoms with Gasteiger partial charge in [0.25, 0.3) is 17.4 Å². The van der Waals surface area contributed by atoms with Crippen molar-refractivity contribution in [3.05, 3.63) is 53.3 Å². The Morgan fingerprint density at radius 1 is 1.39 bits per heavy atom. The molecule has 2 N–H and O–H groups in total. The lowest BCUT2D eigenvalue weighted by Gasteiger charge is -2.33. The number of halogens is 1. The molecule has 0 fully saturated rings. The molecule has 0 bridgehead atoms. The maximum absolute atomic E-state index is 12.4. The van der Waals surface area contributed by atoms with Crippen LogP contribution in [0.3, 0.4) is 0 Å². The monoisotopic (exact) mass is 331 g/mol. The summed E-state index contributed by atoms with van der Waals surface area (Å²) in [6.07, 6.45) is 1.63. The van der Waals surface area contributed by atoms with Gasteiger partial charge in [-0.1, -0.05) is 17.7 Å². The van der Waals surface area contributed by atoms with Crippen molar-refractivity contribution < 1.29 is 14.3 Å². The van der Waals surface area contributed by atoms with Gasteiger partial charge in [-0.2, -0.15) is 0 Å². The van der Waals surface area contributed by atoms with Crippen LogP contribution in [0.15, 0.2) is 42.6 Å². The molecule has 2 heterocycles. The quantitative estimate of drug-likeness (QED) is 0.844. The fourth-order valence-electron chi connectivity index (χ4n) is 2.19. The maximum Gasteiger partial charge on any atom is 0.278 e. The molecule has 2 aromatic rings. The molecule has 7 heteroatoms. The van der Waals surface area contributed by atoms with Gasteiger partial charge >= 0.3 is 0 Å². The molecule has 0 radical (unpaired) electrons. The Hall–Kier alpha value is -2.60. The van der Waals surface area contributed by atoms with E-state index < -0.39 is 17.4 Å². The third kappa shape index (κ3) is 2.98. The van der Waals surface area contributed by atoms with E-state index in [-0.39, 0.29) is 6.54 Å². The van der Waals surface area contributed by atoms with E-state index in [1.165, 1.54) is 6.92 Å². The maximum atomic E-state index is 12.4. The Labute approximate surface area is 137 Å². The van der Waals surface area contributed by atoms with Crippen molar-refractivity contribution in [3.8, 4) is 5.75 Å². The van der Waals surface area contributed by atoms with Gasteiger partial charge < -0.3 is 15.4 Å². The van der Waals surface area contributed by atoms with Crippen LogP contribution < -0.4 is 15.4 Å². The van der Waals surface area contributed by atoms with Gasteiger partial charge in [0.1, 0.15) is 5.75 Å². The summed E-state index contributed by atoms with van der Waals surface area (Å²) in [4.78, 5) is 28.8. The first-order valence-corrected chi connectivity index (χ1v) is 7.35. The summed E-state index contributed by atoms with van der Waals surface area (Å²) in [5, 5.41) is 5.78. The highest BCUT2D eigenvalue weighted by atomic mass is 35.5. The summed E-state index contributed by atoms with van der Waals surface area (Å²) in [7, 11) is 0. The molecule has 118 valence electrons. The predicted octanol–water partition coefficient (Wildman–Crippen LogP) is 2.14. The number of anilines is 1. The molecule has 23 heavy (non-hydrogen) atoms. The number of carbonyl (C=O) groups is 2. The Balaban J connectivity index is 1.77. The highest BCUT2D eigenvalue weighted by Gasteiger charge is 2.47. The topological polar surface area (TPSA) is 80.3 Å². The minimum absolute atomic E-state index is 0.208. The zero-order chi connectivity index (χ0) is 16.4. The zero-order valence-corrected chi connectivity index (χ0v) is 13.1. The molecule has 2 amide bonds. The molecule has 6 nitrogen and oxygen atoms in total. The standard InChI is InChI=1S/C16H14ClN3O3/c1-16(14(21)19-9-11-4-2-3-7-18-11)15(22)20-12-8-10(17)5-6-13(12)23-16/h2-8H,9H2,1H3,(H,19,21)(H,20,22)/t16-/m1/s1. The first kappa shape index (κ1) is 15.3. The zero-order valence-electron chi connectivity index (χ0n) is 12.3. The van der Waals surface area contributed by atoms with Crippen molar-refractivity contribution in [2.45, 2.75) is 19.1 Å². The Kier molecular flexibility index (Phi) is 3.92. The largest absolute Gasteiger partial charge is 0.466 e. The van der Waals surface area contributed by atoms with E-state index in [1.54, 1.807) is 36.5 Å². The van der Waals surface area contributed by atoms with Crippen molar-refractivity contribution in [2.24, 2.45) is 0 Å². The number of benzene rings is 1. The number of carbonyl (C=O) groups excluding carboxylic acids is 2. The molecular weight excluding hydrogens is 318 g/mol. The van der Waals surface area contributed by atoms with Gasteiger partial charge in [0.05, 0.1) is 17.9 Å². The molecule has 1 atom stereocenters. The first-order valence-electron chi connectivity index (χ1n) is 6.97. The highest BCUT2D eigenvalue weighted by Crippen LogP contribution is 2.35. The van der Waals surface area contributed by atoms with Gasteiger partial charge in [0, 0.05) is 11.2 Å². The predicted molar refractivity (Wildman–Crippen MR) is 85.2 cm³/mol. The van der Waals surface area contributed by atoms with Crippen LogP contribution in [0.1, 0.15) is 12.6 Å². The average molecular weight is 332 g/mol. The van der Waals surface area contributed by atoms with Crippen LogP contribution in [-0.4, -0.2) is 22.4 Å². The van der Waals surface area contributed by atoms with E-state index >= 15 is 0 Å². The van der Waals surface area contributed by atoms with Crippen molar-refractivity contribution in [1.82, 2.24) is 10.3 Å². The van der Waals surface area contributed by atoms with Gasteiger partial charge in [-0.3, -0.25) is 14.6 Å². The molecule has 0 unspecified atom stereocenters. The molecule has 0 aliphatic carbocycles. The van der Waals surface area contributed by atoms with E-state index in [9.17, 15) is 9.59 Å². The second-order valence-corrected chi connectivity index (χ2v) is 5.67. The molecule has 1 aromatic heterocycles. The first-order chi connectivity index (χ1) is 11.0. The molecule has 0 saturated heterocycles. The van der Waals surface area contributed by atoms with Gasteiger partial charge in [0.2, 0.25) is 0 Å². The Bertz CT molecular complexity index is 766. The van der Waals surface area contributed by atoms with Crippen LogP contribution in [-0.2, 0) is 16.1 Å². The van der Waals surface area contributed by atoms with Crippen molar-refractivity contribution >= 4 is 29.1 Å². The van der Waals surface area contributed by atoms with E-state index in [0.717, 1.165) is 0 Å². The molecule has 1 aromatic carbocycles. The molecule has 1 aliphatic rings. The summed E-state index contributed by atoms with van der Waals surface area (Å²) in [6.45, 7) is 1.63. The third-order valence-corrected chi connectivity index (χ3v) is 3.76. The van der Waals surface area contributed by atoms with Crippen LogP contribution in [0.4, 0.5) is 5.69 Å². The number of amides is 2. The number of nitrogens with zero attached hydrogens (tertiary/aromatic N) is 1. The number of hydrogen-bond acceptors (Lipinski definition) is 4. The number of aromatic nitrogens is 1. The Morgan fingerprint density at radius 2 is 2.22 bits per heavy atom. The van der Waals surface area contributed by atoms with E-state index in [0.29, 0.717) is 22.2 Å². The fraction of sp³-hybridized carbons (Fsp3) is 0.188. The summed E-state index contributed by atoms with van der Waals surface area (Å²) in [5.41, 5.74) is -0.527. The summed E-state index contributed by atoms with van der Waals surface area (Å²) < 4.78 is 5.63. The van der Waals surface area contributed by atoms with E-state index in [1.807, 2.05) is 6.07 Å². The molecular formula is C16H14ClN3O3. The second-order valence-electron chi connectivity index (χ2n) is 5.23. The second kappa shape index (κ2) is 5.89. The number of nitrogens with one attached hydrogen (secondary N) is 2. The fourth-order valence-corrected chi connectivity index (χ4v) is 2.36. The molecule has 0 spiro atoms. The third-order valence-electron chi connectivity index (χ3n) is 3.53. The van der Waals surface area contributed by atoms with Crippen molar-refractivity contribution in [2.75, 3.05) is 5.32 Å². The smallest absolute Gasteiger partial charge is 0.278 e. The van der Waals surface area contributed by atoms with Gasteiger partial charge in [0.15, 0.2) is 0 Å². The van der Waals surface area contributed by atoms with E-state index in [4.69, 9.17) is 16.3 Å². The Morgan fingerprint density at radius 3 is 2.96 bits per heavy atom. The summed E-state index contributed by atoms with van der Waals surface area (Å²) in [5.74, 6) is -0.698. The SMILES string of the molecule is C[C@]1(C(=O)NCc2ccccn2)Oc2ccc(Cl)cc2NC1=O. The van der Waals surface area contributed by atoms with Gasteiger partial charge in [-0.05, 0) is 37.3 Å².